The molecule has 0 saturated heterocycles. The van der Waals surface area contributed by atoms with E-state index in [-0.39, 0.29) is 6.04 Å². The maximum absolute atomic E-state index is 6.33. The molecule has 8 nitrogen and oxygen atoms in total. The molecular weight excluding hydrogens is 426 g/mol. The largest absolute Gasteiger partial charge is 0.383 e. The second-order valence-electron chi connectivity index (χ2n) is 8.45. The SMILES string of the molecule is CCNC(COC)Cc1cc(-c2ccc3cn(Cc4ccccc4)nc3c2)c2c(N)ncnn12. The van der Waals surface area contributed by atoms with Crippen LogP contribution in [-0.2, 0) is 17.7 Å². The molecule has 0 radical (unpaired) electrons. The average molecular weight is 456 g/mol. The third kappa shape index (κ3) is 4.37. The smallest absolute Gasteiger partial charge is 0.151 e. The number of benzene rings is 2. The molecule has 1 unspecified atom stereocenters. The Morgan fingerprint density at radius 2 is 1.97 bits per heavy atom. The molecule has 174 valence electrons. The van der Waals surface area contributed by atoms with Crippen LogP contribution in [0.5, 0.6) is 0 Å². The third-order valence-corrected chi connectivity index (χ3v) is 6.03. The van der Waals surface area contributed by atoms with Gasteiger partial charge in [0, 0.05) is 42.4 Å². The van der Waals surface area contributed by atoms with Crippen LogP contribution >= 0.6 is 0 Å². The van der Waals surface area contributed by atoms with Crippen LogP contribution in [0.4, 0.5) is 5.82 Å². The number of nitrogen functional groups attached to an aromatic ring is 1. The molecule has 0 aliphatic rings. The van der Waals surface area contributed by atoms with Crippen molar-refractivity contribution in [1.29, 1.82) is 0 Å². The molecule has 0 amide bonds. The molecule has 3 N–H and O–H groups in total. The Labute approximate surface area is 198 Å². The number of aromatic nitrogens is 5. The molecule has 0 aliphatic carbocycles. The van der Waals surface area contributed by atoms with Crippen LogP contribution in [0.2, 0.25) is 0 Å². The van der Waals surface area contributed by atoms with E-state index in [0.717, 1.165) is 52.8 Å². The van der Waals surface area contributed by atoms with Crippen LogP contribution in [0.25, 0.3) is 27.5 Å². The van der Waals surface area contributed by atoms with Gasteiger partial charge in [0.2, 0.25) is 0 Å². The van der Waals surface area contributed by atoms with Gasteiger partial charge in [-0.2, -0.15) is 10.2 Å². The van der Waals surface area contributed by atoms with E-state index in [2.05, 4.69) is 64.9 Å². The number of ether oxygens (including phenoxy) is 1. The van der Waals surface area contributed by atoms with Gasteiger partial charge in [0.25, 0.3) is 0 Å². The van der Waals surface area contributed by atoms with Gasteiger partial charge < -0.3 is 15.8 Å². The number of rotatable bonds is 9. The maximum Gasteiger partial charge on any atom is 0.151 e. The lowest BCUT2D eigenvalue weighted by Crippen LogP contribution is -2.35. The summed E-state index contributed by atoms with van der Waals surface area (Å²) in [6.45, 7) is 4.30. The number of nitrogens with zero attached hydrogens (tertiary/aromatic N) is 5. The fraction of sp³-hybridized carbons (Fsp3) is 0.269. The summed E-state index contributed by atoms with van der Waals surface area (Å²) in [6, 6.07) is 19.0. The van der Waals surface area contributed by atoms with E-state index >= 15 is 0 Å². The van der Waals surface area contributed by atoms with Crippen molar-refractivity contribution in [2.45, 2.75) is 25.9 Å². The summed E-state index contributed by atoms with van der Waals surface area (Å²) in [7, 11) is 1.72. The molecular formula is C26H29N7O. The fourth-order valence-electron chi connectivity index (χ4n) is 4.52. The number of methoxy groups -OCH3 is 1. The van der Waals surface area contributed by atoms with Gasteiger partial charge in [-0.15, -0.1) is 0 Å². The highest BCUT2D eigenvalue weighted by molar-refractivity contribution is 5.92. The van der Waals surface area contributed by atoms with E-state index in [1.807, 2.05) is 27.4 Å². The first-order chi connectivity index (χ1) is 16.7. The van der Waals surface area contributed by atoms with Crippen LogP contribution in [0.15, 0.2) is 67.1 Å². The van der Waals surface area contributed by atoms with Gasteiger partial charge in [0.15, 0.2) is 5.82 Å². The zero-order valence-electron chi connectivity index (χ0n) is 19.5. The van der Waals surface area contributed by atoms with Gasteiger partial charge in [-0.05, 0) is 29.8 Å². The summed E-state index contributed by atoms with van der Waals surface area (Å²) in [4.78, 5) is 4.26. The van der Waals surface area contributed by atoms with Crippen molar-refractivity contribution >= 4 is 22.2 Å². The van der Waals surface area contributed by atoms with Crippen molar-refractivity contribution in [2.24, 2.45) is 0 Å². The molecule has 2 aromatic carbocycles. The second-order valence-corrected chi connectivity index (χ2v) is 8.45. The summed E-state index contributed by atoms with van der Waals surface area (Å²) < 4.78 is 9.29. The van der Waals surface area contributed by atoms with Crippen LogP contribution < -0.4 is 11.1 Å². The first-order valence-electron chi connectivity index (χ1n) is 11.5. The van der Waals surface area contributed by atoms with E-state index in [0.29, 0.717) is 12.4 Å². The van der Waals surface area contributed by atoms with Gasteiger partial charge >= 0.3 is 0 Å². The molecule has 0 saturated carbocycles. The Morgan fingerprint density at radius 3 is 2.76 bits per heavy atom. The molecule has 5 rings (SSSR count). The van der Waals surface area contributed by atoms with Crippen LogP contribution in [0.1, 0.15) is 18.2 Å². The number of hydrogen-bond acceptors (Lipinski definition) is 6. The highest BCUT2D eigenvalue weighted by atomic mass is 16.5. The summed E-state index contributed by atoms with van der Waals surface area (Å²) in [5.74, 6) is 0.456. The molecule has 0 spiro atoms. The quantitative estimate of drug-likeness (QED) is 0.353. The first-order valence-corrected chi connectivity index (χ1v) is 11.5. The number of nitrogens with two attached hydrogens (primary N) is 1. The van der Waals surface area contributed by atoms with E-state index < -0.39 is 0 Å². The lowest BCUT2D eigenvalue weighted by atomic mass is 10.0. The van der Waals surface area contributed by atoms with Crippen molar-refractivity contribution in [3.63, 3.8) is 0 Å². The number of nitrogens with one attached hydrogen (secondary N) is 1. The van der Waals surface area contributed by atoms with E-state index in [4.69, 9.17) is 15.6 Å². The minimum absolute atomic E-state index is 0.174. The zero-order valence-corrected chi connectivity index (χ0v) is 19.5. The second kappa shape index (κ2) is 9.62. The molecule has 1 atom stereocenters. The topological polar surface area (TPSA) is 95.3 Å². The molecule has 3 heterocycles. The van der Waals surface area contributed by atoms with E-state index in [1.165, 1.54) is 11.9 Å². The standard InChI is InChI=1S/C26H29N7O/c1-3-28-21(16-34-2)12-22-13-23(25-26(27)29-17-30-33(22)25)19-9-10-20-15-32(31-24(20)11-19)14-18-7-5-4-6-8-18/h4-11,13,15,17,21,28H,3,12,14,16H2,1-2H3,(H2,27,29,30). The Balaban J connectivity index is 1.53. The van der Waals surface area contributed by atoms with Gasteiger partial charge in [-0.25, -0.2) is 9.50 Å². The molecule has 5 aromatic rings. The van der Waals surface area contributed by atoms with Crippen molar-refractivity contribution < 1.29 is 4.74 Å². The number of fused-ring (bicyclic) bond motifs is 2. The van der Waals surface area contributed by atoms with Crippen molar-refractivity contribution in [3.05, 3.63) is 78.4 Å². The predicted octanol–water partition coefficient (Wildman–Crippen LogP) is 3.54. The lowest BCUT2D eigenvalue weighted by molar-refractivity contribution is 0.166. The highest BCUT2D eigenvalue weighted by Gasteiger charge is 2.19. The molecule has 0 aliphatic heterocycles. The third-order valence-electron chi connectivity index (χ3n) is 6.03. The summed E-state index contributed by atoms with van der Waals surface area (Å²) >= 11 is 0. The van der Waals surface area contributed by atoms with Gasteiger partial charge in [-0.1, -0.05) is 49.4 Å². The maximum atomic E-state index is 6.33. The minimum Gasteiger partial charge on any atom is -0.383 e. The van der Waals surface area contributed by atoms with Crippen LogP contribution in [0.3, 0.4) is 0 Å². The number of hydrogen-bond donors (Lipinski definition) is 2. The van der Waals surface area contributed by atoms with E-state index in [9.17, 15) is 0 Å². The molecule has 34 heavy (non-hydrogen) atoms. The normalized spacial score (nSPS) is 12.5. The molecule has 0 fully saturated rings. The van der Waals surface area contributed by atoms with Crippen molar-refractivity contribution in [2.75, 3.05) is 26.0 Å². The first kappa shape index (κ1) is 22.1. The minimum atomic E-state index is 0.174. The summed E-state index contributed by atoms with van der Waals surface area (Å²) in [5.41, 5.74) is 12.4. The predicted molar refractivity (Wildman–Crippen MR) is 135 cm³/mol. The number of likely N-dealkylation sites (N-methyl/N-ethyl adjacent to an activating group) is 1. The Kier molecular flexibility index (Phi) is 6.24. The van der Waals surface area contributed by atoms with Crippen LogP contribution in [-0.4, -0.2) is 50.7 Å². The molecule has 0 bridgehead atoms. The average Bonchev–Trinajstić information content (AvgIpc) is 3.41. The lowest BCUT2D eigenvalue weighted by Gasteiger charge is -2.16. The fourth-order valence-corrected chi connectivity index (χ4v) is 4.52. The summed E-state index contributed by atoms with van der Waals surface area (Å²) in [6.07, 6.45) is 4.34. The molecule has 8 heteroatoms. The van der Waals surface area contributed by atoms with E-state index in [1.54, 1.807) is 7.11 Å². The molecule has 3 aromatic heterocycles. The van der Waals surface area contributed by atoms with Crippen molar-refractivity contribution in [1.82, 2.24) is 29.7 Å². The zero-order chi connectivity index (χ0) is 23.5. The Hall–Kier alpha value is -3.75. The van der Waals surface area contributed by atoms with Gasteiger partial charge in [-0.3, -0.25) is 4.68 Å². The highest BCUT2D eigenvalue weighted by Crippen LogP contribution is 2.32. The van der Waals surface area contributed by atoms with Gasteiger partial charge in [0.1, 0.15) is 11.8 Å². The van der Waals surface area contributed by atoms with Crippen molar-refractivity contribution in [3.8, 4) is 11.1 Å². The van der Waals surface area contributed by atoms with Crippen LogP contribution in [0, 0.1) is 0 Å². The Morgan fingerprint density at radius 1 is 1.12 bits per heavy atom. The number of anilines is 1. The Bertz CT molecular complexity index is 1400. The summed E-state index contributed by atoms with van der Waals surface area (Å²) in [5, 5.41) is 13.9. The van der Waals surface area contributed by atoms with Gasteiger partial charge in [0.05, 0.1) is 18.7 Å². The monoisotopic (exact) mass is 455 g/mol.